The molecule has 7 heteroatoms. The quantitative estimate of drug-likeness (QED) is 0.864. The zero-order chi connectivity index (χ0) is 13.5. The Morgan fingerprint density at radius 2 is 2.26 bits per heavy atom. The molecule has 0 aromatic carbocycles. The summed E-state index contributed by atoms with van der Waals surface area (Å²) in [5, 5.41) is 8.28. The molecule has 1 unspecified atom stereocenters. The third kappa shape index (κ3) is 2.35. The zero-order valence-electron chi connectivity index (χ0n) is 10.5. The first-order valence-electron chi connectivity index (χ1n) is 6.33. The maximum Gasteiger partial charge on any atom is 0.161 e. The van der Waals surface area contributed by atoms with Crippen LogP contribution in [0, 0.1) is 0 Å². The van der Waals surface area contributed by atoms with Gasteiger partial charge in [-0.3, -0.25) is 4.40 Å². The molecular formula is C12H16N4O2S. The highest BCUT2D eigenvalue weighted by Gasteiger charge is 2.29. The van der Waals surface area contributed by atoms with E-state index in [1.54, 1.807) is 0 Å². The lowest BCUT2D eigenvalue weighted by atomic mass is 10.0. The second-order valence-corrected chi connectivity index (χ2v) is 7.21. The van der Waals surface area contributed by atoms with Crippen LogP contribution in [0.15, 0.2) is 18.3 Å². The molecule has 2 aromatic rings. The van der Waals surface area contributed by atoms with Crippen LogP contribution in [-0.2, 0) is 16.4 Å². The SMILES string of the molecule is NCc1ccn2c(C3CCCS(=O)(=O)C3)nnc2c1. The van der Waals surface area contributed by atoms with Crippen LogP contribution in [0.2, 0.25) is 0 Å². The third-order valence-electron chi connectivity index (χ3n) is 3.56. The first kappa shape index (κ1) is 12.6. The first-order valence-corrected chi connectivity index (χ1v) is 8.15. The van der Waals surface area contributed by atoms with Crippen LogP contribution in [0.4, 0.5) is 0 Å². The summed E-state index contributed by atoms with van der Waals surface area (Å²) in [5.74, 6) is 1.14. The van der Waals surface area contributed by atoms with Crippen molar-refractivity contribution in [1.82, 2.24) is 14.6 Å². The number of hydrogen-bond donors (Lipinski definition) is 1. The fourth-order valence-electron chi connectivity index (χ4n) is 2.58. The second-order valence-electron chi connectivity index (χ2n) is 4.98. The van der Waals surface area contributed by atoms with Gasteiger partial charge in [0, 0.05) is 18.7 Å². The lowest BCUT2D eigenvalue weighted by Crippen LogP contribution is -2.25. The van der Waals surface area contributed by atoms with Gasteiger partial charge < -0.3 is 5.73 Å². The lowest BCUT2D eigenvalue weighted by molar-refractivity contribution is 0.541. The predicted molar refractivity (Wildman–Crippen MR) is 71.5 cm³/mol. The molecule has 1 aliphatic heterocycles. The Balaban J connectivity index is 2.01. The molecule has 0 radical (unpaired) electrons. The van der Waals surface area contributed by atoms with Gasteiger partial charge in [-0.2, -0.15) is 0 Å². The van der Waals surface area contributed by atoms with Crippen LogP contribution in [0.1, 0.15) is 30.1 Å². The van der Waals surface area contributed by atoms with E-state index >= 15 is 0 Å². The van der Waals surface area contributed by atoms with E-state index in [1.165, 1.54) is 0 Å². The molecule has 3 heterocycles. The number of rotatable bonds is 2. The maximum atomic E-state index is 11.7. The normalized spacial score (nSPS) is 22.7. The number of nitrogens with two attached hydrogens (primary N) is 1. The summed E-state index contributed by atoms with van der Waals surface area (Å²) in [6, 6.07) is 3.80. The van der Waals surface area contributed by atoms with E-state index in [0.29, 0.717) is 13.0 Å². The van der Waals surface area contributed by atoms with Crippen molar-refractivity contribution in [2.45, 2.75) is 25.3 Å². The summed E-state index contributed by atoms with van der Waals surface area (Å²) in [6.07, 6.45) is 3.41. The van der Waals surface area contributed by atoms with Crippen molar-refractivity contribution < 1.29 is 8.42 Å². The van der Waals surface area contributed by atoms with Crippen molar-refractivity contribution in [3.63, 3.8) is 0 Å². The number of nitrogens with zero attached hydrogens (tertiary/aromatic N) is 3. The van der Waals surface area contributed by atoms with E-state index in [4.69, 9.17) is 5.73 Å². The molecule has 102 valence electrons. The van der Waals surface area contributed by atoms with Gasteiger partial charge >= 0.3 is 0 Å². The lowest BCUT2D eigenvalue weighted by Gasteiger charge is -2.20. The zero-order valence-corrected chi connectivity index (χ0v) is 11.3. The topological polar surface area (TPSA) is 90.3 Å². The number of fused-ring (bicyclic) bond motifs is 1. The van der Waals surface area contributed by atoms with Crippen molar-refractivity contribution >= 4 is 15.5 Å². The highest BCUT2D eigenvalue weighted by Crippen LogP contribution is 2.27. The Morgan fingerprint density at radius 1 is 1.42 bits per heavy atom. The first-order chi connectivity index (χ1) is 9.09. The minimum absolute atomic E-state index is 0.0579. The van der Waals surface area contributed by atoms with Crippen molar-refractivity contribution in [2.75, 3.05) is 11.5 Å². The molecule has 19 heavy (non-hydrogen) atoms. The fourth-order valence-corrected chi connectivity index (χ4v) is 4.29. The summed E-state index contributed by atoms with van der Waals surface area (Å²) in [5.41, 5.74) is 7.30. The summed E-state index contributed by atoms with van der Waals surface area (Å²) in [6.45, 7) is 0.455. The molecule has 1 aliphatic rings. The Hall–Kier alpha value is -1.47. The molecule has 1 fully saturated rings. The average molecular weight is 280 g/mol. The Labute approximate surface area is 111 Å². The van der Waals surface area contributed by atoms with Gasteiger partial charge in [-0.05, 0) is 30.5 Å². The molecule has 6 nitrogen and oxygen atoms in total. The molecular weight excluding hydrogens is 264 g/mol. The molecule has 2 aromatic heterocycles. The Kier molecular flexibility index (Phi) is 3.02. The van der Waals surface area contributed by atoms with Crippen molar-refractivity contribution in [1.29, 1.82) is 0 Å². The van der Waals surface area contributed by atoms with Crippen molar-refractivity contribution in [3.8, 4) is 0 Å². The van der Waals surface area contributed by atoms with Crippen LogP contribution in [-0.4, -0.2) is 34.5 Å². The molecule has 0 saturated carbocycles. The number of sulfone groups is 1. The molecule has 1 saturated heterocycles. The van der Waals surface area contributed by atoms with Crippen molar-refractivity contribution in [2.24, 2.45) is 5.73 Å². The predicted octanol–water partition coefficient (Wildman–Crippen LogP) is 0.480. The van der Waals surface area contributed by atoms with E-state index in [0.717, 1.165) is 23.5 Å². The largest absolute Gasteiger partial charge is 0.326 e. The van der Waals surface area contributed by atoms with E-state index in [-0.39, 0.29) is 17.4 Å². The molecule has 0 bridgehead atoms. The molecule has 0 amide bonds. The van der Waals surface area contributed by atoms with Crippen LogP contribution < -0.4 is 5.73 Å². The Bertz CT molecular complexity index is 708. The summed E-state index contributed by atoms with van der Waals surface area (Å²) >= 11 is 0. The van der Waals surface area contributed by atoms with Crippen LogP contribution in [0.3, 0.4) is 0 Å². The average Bonchev–Trinajstić information content (AvgIpc) is 2.80. The van der Waals surface area contributed by atoms with Gasteiger partial charge in [-0.15, -0.1) is 10.2 Å². The second kappa shape index (κ2) is 4.57. The van der Waals surface area contributed by atoms with Crippen LogP contribution in [0.5, 0.6) is 0 Å². The molecule has 3 rings (SSSR count). The standard InChI is InChI=1S/C12H16N4O2S/c13-7-9-3-4-16-11(6-9)14-15-12(16)10-2-1-5-19(17,18)8-10/h3-4,6,10H,1-2,5,7-8,13H2. The molecule has 1 atom stereocenters. The van der Waals surface area contributed by atoms with E-state index in [9.17, 15) is 8.42 Å². The van der Waals surface area contributed by atoms with Crippen LogP contribution in [0.25, 0.3) is 5.65 Å². The molecule has 0 aliphatic carbocycles. The van der Waals surface area contributed by atoms with Crippen LogP contribution >= 0.6 is 0 Å². The third-order valence-corrected chi connectivity index (χ3v) is 5.39. The summed E-state index contributed by atoms with van der Waals surface area (Å²) in [7, 11) is -2.94. The van der Waals surface area contributed by atoms with Gasteiger partial charge in [-0.1, -0.05) is 0 Å². The van der Waals surface area contributed by atoms with Gasteiger partial charge in [0.2, 0.25) is 0 Å². The minimum Gasteiger partial charge on any atom is -0.326 e. The smallest absolute Gasteiger partial charge is 0.161 e. The number of aromatic nitrogens is 3. The van der Waals surface area contributed by atoms with Gasteiger partial charge in [0.1, 0.15) is 5.82 Å². The minimum atomic E-state index is -2.94. The highest BCUT2D eigenvalue weighted by molar-refractivity contribution is 7.91. The van der Waals surface area contributed by atoms with Gasteiger partial charge in [0.25, 0.3) is 0 Å². The monoisotopic (exact) mass is 280 g/mol. The molecule has 0 spiro atoms. The molecule has 2 N–H and O–H groups in total. The maximum absolute atomic E-state index is 11.7. The van der Waals surface area contributed by atoms with Gasteiger partial charge in [0.15, 0.2) is 15.5 Å². The Morgan fingerprint density at radius 3 is 3.00 bits per heavy atom. The fraction of sp³-hybridized carbons (Fsp3) is 0.500. The summed E-state index contributed by atoms with van der Waals surface area (Å²) < 4.78 is 25.3. The van der Waals surface area contributed by atoms with Crippen molar-refractivity contribution in [3.05, 3.63) is 29.7 Å². The summed E-state index contributed by atoms with van der Waals surface area (Å²) in [4.78, 5) is 0. The van der Waals surface area contributed by atoms with E-state index < -0.39 is 9.84 Å². The highest BCUT2D eigenvalue weighted by atomic mass is 32.2. The van der Waals surface area contributed by atoms with Gasteiger partial charge in [-0.25, -0.2) is 8.42 Å². The van der Waals surface area contributed by atoms with E-state index in [2.05, 4.69) is 10.2 Å². The number of hydrogen-bond acceptors (Lipinski definition) is 5. The van der Waals surface area contributed by atoms with E-state index in [1.807, 2.05) is 22.7 Å². The van der Waals surface area contributed by atoms with Gasteiger partial charge in [0.05, 0.1) is 11.5 Å². The number of pyridine rings is 1.